The maximum atomic E-state index is 13.2. The molecule has 3 rings (SSSR count). The van der Waals surface area contributed by atoms with Crippen molar-refractivity contribution in [3.63, 3.8) is 0 Å². The Hall–Kier alpha value is -1.94. The molecule has 0 bridgehead atoms. The number of rotatable bonds is 4. The number of nitrogens with one attached hydrogen (secondary N) is 1. The van der Waals surface area contributed by atoms with E-state index < -0.39 is 0 Å². The van der Waals surface area contributed by atoms with Crippen LogP contribution in [-0.4, -0.2) is 29.0 Å². The van der Waals surface area contributed by atoms with Crippen LogP contribution in [0.1, 0.15) is 18.4 Å². The molecule has 1 N–H and O–H groups in total. The van der Waals surface area contributed by atoms with Crippen LogP contribution in [0.3, 0.4) is 0 Å². The van der Waals surface area contributed by atoms with E-state index in [1.165, 1.54) is 11.6 Å². The molecule has 2 heterocycles. The Kier molecular flexibility index (Phi) is 4.46. The summed E-state index contributed by atoms with van der Waals surface area (Å²) < 4.78 is 13.2. The summed E-state index contributed by atoms with van der Waals surface area (Å²) in [5, 5.41) is 3.44. The highest BCUT2D eigenvalue weighted by Crippen LogP contribution is 2.18. The van der Waals surface area contributed by atoms with E-state index in [1.807, 2.05) is 18.3 Å². The standard InChI is InChI=1S/C17H20FN3/c18-15-5-1-6-16(10-15)20-17-7-3-9-21(13-17)12-14-4-2-8-19-11-14/h1-2,4-6,8,10-11,17,20H,3,7,9,12-13H2. The van der Waals surface area contributed by atoms with Crippen LogP contribution >= 0.6 is 0 Å². The van der Waals surface area contributed by atoms with E-state index in [9.17, 15) is 4.39 Å². The monoisotopic (exact) mass is 285 g/mol. The van der Waals surface area contributed by atoms with Crippen LogP contribution < -0.4 is 5.32 Å². The molecule has 1 aromatic heterocycles. The van der Waals surface area contributed by atoms with Crippen molar-refractivity contribution in [2.75, 3.05) is 18.4 Å². The average molecular weight is 285 g/mol. The van der Waals surface area contributed by atoms with Crippen molar-refractivity contribution in [2.24, 2.45) is 0 Å². The van der Waals surface area contributed by atoms with Gasteiger partial charge in [0.25, 0.3) is 0 Å². The molecule has 3 nitrogen and oxygen atoms in total. The molecule has 1 unspecified atom stereocenters. The Morgan fingerprint density at radius 1 is 1.29 bits per heavy atom. The van der Waals surface area contributed by atoms with Crippen molar-refractivity contribution in [1.82, 2.24) is 9.88 Å². The van der Waals surface area contributed by atoms with Gasteiger partial charge in [0.15, 0.2) is 0 Å². The molecule has 1 aromatic carbocycles. The fourth-order valence-electron chi connectivity index (χ4n) is 2.88. The summed E-state index contributed by atoms with van der Waals surface area (Å²) in [6.45, 7) is 3.01. The topological polar surface area (TPSA) is 28.2 Å². The second-order valence-corrected chi connectivity index (χ2v) is 5.59. The van der Waals surface area contributed by atoms with Gasteiger partial charge < -0.3 is 5.32 Å². The molecule has 21 heavy (non-hydrogen) atoms. The molecule has 4 heteroatoms. The minimum absolute atomic E-state index is 0.192. The normalized spacial score (nSPS) is 19.4. The van der Waals surface area contributed by atoms with Crippen LogP contribution in [0.15, 0.2) is 48.8 Å². The van der Waals surface area contributed by atoms with Gasteiger partial charge in [-0.2, -0.15) is 0 Å². The molecule has 0 radical (unpaired) electrons. The number of piperidine rings is 1. The summed E-state index contributed by atoms with van der Waals surface area (Å²) >= 11 is 0. The summed E-state index contributed by atoms with van der Waals surface area (Å²) in [7, 11) is 0. The Labute approximate surface area is 124 Å². The first-order chi connectivity index (χ1) is 10.3. The summed E-state index contributed by atoms with van der Waals surface area (Å²) in [4.78, 5) is 6.59. The van der Waals surface area contributed by atoms with E-state index >= 15 is 0 Å². The molecular weight excluding hydrogens is 265 g/mol. The third kappa shape index (κ3) is 4.02. The number of pyridine rings is 1. The Morgan fingerprint density at radius 3 is 3.05 bits per heavy atom. The average Bonchev–Trinajstić information content (AvgIpc) is 2.49. The van der Waals surface area contributed by atoms with E-state index in [2.05, 4.69) is 21.3 Å². The molecule has 2 aromatic rings. The number of aromatic nitrogens is 1. The molecule has 0 spiro atoms. The first-order valence-electron chi connectivity index (χ1n) is 7.43. The van der Waals surface area contributed by atoms with E-state index in [1.54, 1.807) is 18.3 Å². The summed E-state index contributed by atoms with van der Waals surface area (Å²) in [5.74, 6) is -0.192. The zero-order chi connectivity index (χ0) is 14.5. The number of anilines is 1. The van der Waals surface area contributed by atoms with Gasteiger partial charge >= 0.3 is 0 Å². The lowest BCUT2D eigenvalue weighted by Gasteiger charge is -2.33. The zero-order valence-corrected chi connectivity index (χ0v) is 12.0. The van der Waals surface area contributed by atoms with Crippen LogP contribution in [0.2, 0.25) is 0 Å². The zero-order valence-electron chi connectivity index (χ0n) is 12.0. The fourth-order valence-corrected chi connectivity index (χ4v) is 2.88. The van der Waals surface area contributed by atoms with Gasteiger partial charge in [0.2, 0.25) is 0 Å². The van der Waals surface area contributed by atoms with E-state index in [0.29, 0.717) is 6.04 Å². The van der Waals surface area contributed by atoms with Gasteiger partial charge in [0.1, 0.15) is 5.82 Å². The second-order valence-electron chi connectivity index (χ2n) is 5.59. The highest BCUT2D eigenvalue weighted by atomic mass is 19.1. The van der Waals surface area contributed by atoms with E-state index in [4.69, 9.17) is 0 Å². The number of nitrogens with zero attached hydrogens (tertiary/aromatic N) is 2. The lowest BCUT2D eigenvalue weighted by Crippen LogP contribution is -2.41. The lowest BCUT2D eigenvalue weighted by molar-refractivity contribution is 0.208. The molecule has 1 fully saturated rings. The molecular formula is C17H20FN3. The van der Waals surface area contributed by atoms with Gasteiger partial charge in [-0.3, -0.25) is 9.88 Å². The molecule has 1 aliphatic rings. The van der Waals surface area contributed by atoms with Crippen molar-refractivity contribution in [3.8, 4) is 0 Å². The van der Waals surface area contributed by atoms with E-state index in [-0.39, 0.29) is 5.82 Å². The predicted molar refractivity (Wildman–Crippen MR) is 82.6 cm³/mol. The van der Waals surface area contributed by atoms with Crippen LogP contribution in [0.4, 0.5) is 10.1 Å². The number of benzene rings is 1. The van der Waals surface area contributed by atoms with Crippen molar-refractivity contribution in [2.45, 2.75) is 25.4 Å². The van der Waals surface area contributed by atoms with Gasteiger partial charge in [-0.25, -0.2) is 4.39 Å². The molecule has 0 amide bonds. The Balaban J connectivity index is 1.58. The first kappa shape index (κ1) is 14.0. The Bertz CT molecular complexity index is 573. The van der Waals surface area contributed by atoms with Gasteiger partial charge in [-0.1, -0.05) is 12.1 Å². The van der Waals surface area contributed by atoms with Crippen LogP contribution in [0.5, 0.6) is 0 Å². The molecule has 1 atom stereocenters. The largest absolute Gasteiger partial charge is 0.381 e. The number of hydrogen-bond donors (Lipinski definition) is 1. The number of hydrogen-bond acceptors (Lipinski definition) is 3. The van der Waals surface area contributed by atoms with Crippen molar-refractivity contribution >= 4 is 5.69 Å². The fraction of sp³-hybridized carbons (Fsp3) is 0.353. The van der Waals surface area contributed by atoms with Gasteiger partial charge in [-0.05, 0) is 49.2 Å². The number of halogens is 1. The van der Waals surface area contributed by atoms with Gasteiger partial charge in [0.05, 0.1) is 0 Å². The minimum Gasteiger partial charge on any atom is -0.381 e. The Morgan fingerprint density at radius 2 is 2.24 bits per heavy atom. The summed E-state index contributed by atoms with van der Waals surface area (Å²) in [6, 6.07) is 11.1. The molecule has 110 valence electrons. The minimum atomic E-state index is -0.192. The lowest BCUT2D eigenvalue weighted by atomic mass is 10.0. The molecule has 0 saturated carbocycles. The maximum absolute atomic E-state index is 13.2. The van der Waals surface area contributed by atoms with Crippen molar-refractivity contribution < 1.29 is 4.39 Å². The maximum Gasteiger partial charge on any atom is 0.125 e. The summed E-state index contributed by atoms with van der Waals surface area (Å²) in [6.07, 6.45) is 6.00. The van der Waals surface area contributed by atoms with Crippen LogP contribution in [0, 0.1) is 5.82 Å². The van der Waals surface area contributed by atoms with Gasteiger partial charge in [-0.15, -0.1) is 0 Å². The van der Waals surface area contributed by atoms with Crippen molar-refractivity contribution in [1.29, 1.82) is 0 Å². The molecule has 1 aliphatic heterocycles. The van der Waals surface area contributed by atoms with Crippen molar-refractivity contribution in [3.05, 3.63) is 60.2 Å². The van der Waals surface area contributed by atoms with Crippen LogP contribution in [-0.2, 0) is 6.54 Å². The molecule has 0 aliphatic carbocycles. The number of likely N-dealkylation sites (tertiary alicyclic amines) is 1. The molecule has 1 saturated heterocycles. The predicted octanol–water partition coefficient (Wildman–Crippen LogP) is 3.30. The second kappa shape index (κ2) is 6.68. The third-order valence-electron chi connectivity index (χ3n) is 3.83. The quantitative estimate of drug-likeness (QED) is 0.934. The highest BCUT2D eigenvalue weighted by molar-refractivity contribution is 5.44. The first-order valence-corrected chi connectivity index (χ1v) is 7.43. The summed E-state index contributed by atoms with van der Waals surface area (Å²) in [5.41, 5.74) is 2.10. The van der Waals surface area contributed by atoms with Crippen LogP contribution in [0.25, 0.3) is 0 Å². The van der Waals surface area contributed by atoms with E-state index in [0.717, 1.165) is 38.2 Å². The SMILES string of the molecule is Fc1cccc(NC2CCCN(Cc3cccnc3)C2)c1. The highest BCUT2D eigenvalue weighted by Gasteiger charge is 2.19. The van der Waals surface area contributed by atoms with Gasteiger partial charge in [0, 0.05) is 37.2 Å². The third-order valence-corrected chi connectivity index (χ3v) is 3.83. The smallest absolute Gasteiger partial charge is 0.125 e.